The van der Waals surface area contributed by atoms with E-state index in [0.29, 0.717) is 5.76 Å². The number of carbonyl (C=O) groups is 2. The van der Waals surface area contributed by atoms with Crippen molar-refractivity contribution in [3.8, 4) is 0 Å². The van der Waals surface area contributed by atoms with Crippen LogP contribution in [0.25, 0.3) is 0 Å². The predicted octanol–water partition coefficient (Wildman–Crippen LogP) is -0.275. The van der Waals surface area contributed by atoms with E-state index in [2.05, 4.69) is 28.4 Å². The van der Waals surface area contributed by atoms with E-state index < -0.39 is 6.04 Å². The van der Waals surface area contributed by atoms with Crippen molar-refractivity contribution in [2.45, 2.75) is 19.5 Å². The van der Waals surface area contributed by atoms with Gasteiger partial charge < -0.3 is 15.2 Å². The highest BCUT2D eigenvalue weighted by Crippen LogP contribution is 1.96. The lowest BCUT2D eigenvalue weighted by atomic mass is 10.3. The second-order valence-corrected chi connectivity index (χ2v) is 3.50. The highest BCUT2D eigenvalue weighted by atomic mass is 32.1. The second kappa shape index (κ2) is 6.16. The molecule has 0 bridgehead atoms. The molecule has 1 heterocycles. The van der Waals surface area contributed by atoms with Gasteiger partial charge in [0.25, 0.3) is 0 Å². The number of thiol groups is 1. The molecule has 0 fully saturated rings. The van der Waals surface area contributed by atoms with Gasteiger partial charge in [0.15, 0.2) is 5.76 Å². The monoisotopic (exact) mass is 243 g/mol. The van der Waals surface area contributed by atoms with Crippen LogP contribution in [0.2, 0.25) is 0 Å². The Morgan fingerprint density at radius 2 is 2.38 bits per heavy atom. The van der Waals surface area contributed by atoms with E-state index in [1.807, 2.05) is 0 Å². The fourth-order valence-electron chi connectivity index (χ4n) is 1.07. The summed E-state index contributed by atoms with van der Waals surface area (Å²) in [6.45, 7) is 1.59. The minimum atomic E-state index is -0.635. The molecule has 2 N–H and O–H groups in total. The van der Waals surface area contributed by atoms with Crippen LogP contribution in [-0.2, 0) is 16.1 Å². The SMILES string of the molecule is CC(=O)NC(CS)C(=O)NCc1ccno1. The lowest BCUT2D eigenvalue weighted by Crippen LogP contribution is -2.47. The molecule has 1 aromatic heterocycles. The van der Waals surface area contributed by atoms with Crippen molar-refractivity contribution < 1.29 is 14.1 Å². The van der Waals surface area contributed by atoms with E-state index in [9.17, 15) is 9.59 Å². The molecule has 0 saturated carbocycles. The molecule has 88 valence electrons. The number of nitrogens with zero attached hydrogens (tertiary/aromatic N) is 1. The Morgan fingerprint density at radius 3 is 2.88 bits per heavy atom. The minimum Gasteiger partial charge on any atom is -0.360 e. The quantitative estimate of drug-likeness (QED) is 0.621. The fraction of sp³-hybridized carbons (Fsp3) is 0.444. The summed E-state index contributed by atoms with van der Waals surface area (Å²) in [7, 11) is 0. The maximum atomic E-state index is 11.6. The van der Waals surface area contributed by atoms with Gasteiger partial charge in [-0.15, -0.1) is 0 Å². The second-order valence-electron chi connectivity index (χ2n) is 3.13. The van der Waals surface area contributed by atoms with E-state index in [1.54, 1.807) is 6.07 Å². The molecule has 0 aliphatic heterocycles. The standard InChI is InChI=1S/C9H13N3O3S/c1-6(13)12-8(5-16)9(14)10-4-7-2-3-11-15-7/h2-3,8,16H,4-5H2,1H3,(H,10,14)(H,12,13). The molecular weight excluding hydrogens is 230 g/mol. The summed E-state index contributed by atoms with van der Waals surface area (Å²) in [5.74, 6) is 0.214. The Labute approximate surface area is 98.2 Å². The molecule has 0 aromatic carbocycles. The number of hydrogen-bond acceptors (Lipinski definition) is 5. The van der Waals surface area contributed by atoms with Crippen molar-refractivity contribution in [1.82, 2.24) is 15.8 Å². The van der Waals surface area contributed by atoms with E-state index in [4.69, 9.17) is 4.52 Å². The van der Waals surface area contributed by atoms with E-state index in [0.717, 1.165) is 0 Å². The van der Waals surface area contributed by atoms with Crippen LogP contribution in [0.1, 0.15) is 12.7 Å². The molecule has 2 amide bonds. The topological polar surface area (TPSA) is 84.2 Å². The van der Waals surface area contributed by atoms with E-state index in [1.165, 1.54) is 13.1 Å². The van der Waals surface area contributed by atoms with Gasteiger partial charge >= 0.3 is 0 Å². The zero-order chi connectivity index (χ0) is 12.0. The summed E-state index contributed by atoms with van der Waals surface area (Å²) in [5, 5.41) is 8.59. The van der Waals surface area contributed by atoms with Gasteiger partial charge in [0, 0.05) is 18.7 Å². The Morgan fingerprint density at radius 1 is 1.62 bits per heavy atom. The van der Waals surface area contributed by atoms with Gasteiger partial charge in [0.05, 0.1) is 12.7 Å². The first-order chi connectivity index (χ1) is 7.63. The Balaban J connectivity index is 2.40. The van der Waals surface area contributed by atoms with Gasteiger partial charge in [-0.05, 0) is 0 Å². The third-order valence-electron chi connectivity index (χ3n) is 1.80. The van der Waals surface area contributed by atoms with Crippen molar-refractivity contribution >= 4 is 24.4 Å². The molecule has 6 nitrogen and oxygen atoms in total. The van der Waals surface area contributed by atoms with Crippen LogP contribution in [-0.4, -0.2) is 28.8 Å². The van der Waals surface area contributed by atoms with Crippen molar-refractivity contribution in [3.05, 3.63) is 18.0 Å². The predicted molar refractivity (Wildman–Crippen MR) is 59.8 cm³/mol. The maximum Gasteiger partial charge on any atom is 0.243 e. The van der Waals surface area contributed by atoms with Crippen LogP contribution in [0.4, 0.5) is 0 Å². The van der Waals surface area contributed by atoms with Crippen LogP contribution in [0.3, 0.4) is 0 Å². The summed E-state index contributed by atoms with van der Waals surface area (Å²) in [4.78, 5) is 22.4. The van der Waals surface area contributed by atoms with Crippen molar-refractivity contribution in [3.63, 3.8) is 0 Å². The van der Waals surface area contributed by atoms with Gasteiger partial charge in [0.1, 0.15) is 6.04 Å². The highest BCUT2D eigenvalue weighted by Gasteiger charge is 2.17. The number of carbonyl (C=O) groups excluding carboxylic acids is 2. The van der Waals surface area contributed by atoms with Gasteiger partial charge in [-0.25, -0.2) is 0 Å². The van der Waals surface area contributed by atoms with Crippen LogP contribution in [0.15, 0.2) is 16.8 Å². The van der Waals surface area contributed by atoms with Crippen molar-refractivity contribution in [1.29, 1.82) is 0 Å². The average Bonchev–Trinajstić information content (AvgIpc) is 2.75. The van der Waals surface area contributed by atoms with Gasteiger partial charge in [-0.2, -0.15) is 12.6 Å². The molecule has 0 aliphatic rings. The molecule has 1 aromatic rings. The number of amides is 2. The molecule has 0 radical (unpaired) electrons. The Kier molecular flexibility index (Phi) is 4.84. The minimum absolute atomic E-state index is 0.238. The van der Waals surface area contributed by atoms with Crippen molar-refractivity contribution in [2.75, 3.05) is 5.75 Å². The fourth-order valence-corrected chi connectivity index (χ4v) is 1.33. The molecule has 16 heavy (non-hydrogen) atoms. The summed E-state index contributed by atoms with van der Waals surface area (Å²) >= 11 is 3.99. The number of hydrogen-bond donors (Lipinski definition) is 3. The normalized spacial score (nSPS) is 11.9. The Hall–Kier alpha value is -1.50. The molecular formula is C9H13N3O3S. The lowest BCUT2D eigenvalue weighted by Gasteiger charge is -2.14. The molecule has 0 saturated heterocycles. The summed E-state index contributed by atoms with van der Waals surface area (Å²) in [6, 6.07) is 1.01. The molecule has 1 atom stereocenters. The van der Waals surface area contributed by atoms with E-state index >= 15 is 0 Å². The first-order valence-electron chi connectivity index (χ1n) is 4.68. The largest absolute Gasteiger partial charge is 0.360 e. The van der Waals surface area contributed by atoms with Crippen LogP contribution in [0, 0.1) is 0 Å². The maximum absolute atomic E-state index is 11.6. The number of nitrogens with one attached hydrogen (secondary N) is 2. The van der Waals surface area contributed by atoms with Crippen LogP contribution < -0.4 is 10.6 Å². The molecule has 1 rings (SSSR count). The molecule has 0 spiro atoms. The lowest BCUT2D eigenvalue weighted by molar-refractivity contribution is -0.127. The van der Waals surface area contributed by atoms with Gasteiger partial charge in [0.2, 0.25) is 11.8 Å². The first-order valence-corrected chi connectivity index (χ1v) is 5.32. The summed E-state index contributed by atoms with van der Waals surface area (Å²) in [6.07, 6.45) is 1.49. The Bertz CT molecular complexity index is 353. The highest BCUT2D eigenvalue weighted by molar-refractivity contribution is 7.80. The third-order valence-corrected chi connectivity index (χ3v) is 2.17. The first kappa shape index (κ1) is 12.6. The van der Waals surface area contributed by atoms with Crippen LogP contribution in [0.5, 0.6) is 0 Å². The van der Waals surface area contributed by atoms with Crippen molar-refractivity contribution in [2.24, 2.45) is 0 Å². The van der Waals surface area contributed by atoms with Crippen LogP contribution >= 0.6 is 12.6 Å². The summed E-state index contributed by atoms with van der Waals surface area (Å²) in [5.41, 5.74) is 0. The number of aromatic nitrogens is 1. The van der Waals surface area contributed by atoms with Gasteiger partial charge in [-0.3, -0.25) is 9.59 Å². The smallest absolute Gasteiger partial charge is 0.243 e. The summed E-state index contributed by atoms with van der Waals surface area (Å²) < 4.78 is 4.81. The van der Waals surface area contributed by atoms with E-state index in [-0.39, 0.29) is 24.1 Å². The molecule has 0 aliphatic carbocycles. The average molecular weight is 243 g/mol. The molecule has 7 heteroatoms. The zero-order valence-corrected chi connectivity index (χ0v) is 9.66. The number of rotatable bonds is 5. The third kappa shape index (κ3) is 3.93. The van der Waals surface area contributed by atoms with Gasteiger partial charge in [-0.1, -0.05) is 5.16 Å². The zero-order valence-electron chi connectivity index (χ0n) is 8.77. The molecule has 1 unspecified atom stereocenters.